The van der Waals surface area contributed by atoms with E-state index in [9.17, 15) is 13.2 Å². The van der Waals surface area contributed by atoms with Crippen molar-refractivity contribution in [1.82, 2.24) is 14.2 Å². The first kappa shape index (κ1) is 20.5. The molecular weight excluding hydrogens is 398 g/mol. The number of hydrogen-bond acceptors (Lipinski definition) is 4. The van der Waals surface area contributed by atoms with Gasteiger partial charge in [-0.3, -0.25) is 4.79 Å². The smallest absolute Gasteiger partial charge is 0.272 e. The fourth-order valence-electron chi connectivity index (χ4n) is 4.18. The molecule has 0 bridgehead atoms. The average molecular weight is 424 g/mol. The van der Waals surface area contributed by atoms with Gasteiger partial charge in [-0.2, -0.15) is 4.31 Å². The van der Waals surface area contributed by atoms with Gasteiger partial charge in [-0.25, -0.2) is 13.4 Å². The van der Waals surface area contributed by atoms with E-state index in [4.69, 9.17) is 0 Å². The number of aryl methyl sites for hydroxylation is 3. The van der Waals surface area contributed by atoms with E-state index in [1.54, 1.807) is 11.0 Å². The third-order valence-electron chi connectivity index (χ3n) is 5.55. The molecule has 2 heterocycles. The number of sulfonamides is 1. The topological polar surface area (TPSA) is 70.6 Å². The van der Waals surface area contributed by atoms with Gasteiger partial charge >= 0.3 is 0 Å². The molecule has 0 atom stereocenters. The van der Waals surface area contributed by atoms with Gasteiger partial charge in [-0.05, 0) is 44.0 Å². The molecule has 1 aliphatic rings. The summed E-state index contributed by atoms with van der Waals surface area (Å²) in [5.41, 5.74) is 3.71. The Morgan fingerprint density at radius 2 is 1.53 bits per heavy atom. The molecule has 0 unspecified atom stereocenters. The van der Waals surface area contributed by atoms with Crippen LogP contribution in [0.4, 0.5) is 0 Å². The molecule has 3 aromatic rings. The van der Waals surface area contributed by atoms with Gasteiger partial charge in [0.25, 0.3) is 5.91 Å². The largest absolute Gasteiger partial charge is 0.335 e. The van der Waals surface area contributed by atoms with Crippen LogP contribution in [0.5, 0.6) is 0 Å². The third kappa shape index (κ3) is 3.70. The summed E-state index contributed by atoms with van der Waals surface area (Å²) in [7, 11) is -3.60. The van der Waals surface area contributed by atoms with E-state index in [2.05, 4.69) is 4.98 Å². The van der Waals surface area contributed by atoms with Crippen LogP contribution in [0.2, 0.25) is 0 Å². The first-order valence-electron chi connectivity index (χ1n) is 10.0. The van der Waals surface area contributed by atoms with E-state index < -0.39 is 10.0 Å². The molecule has 4 rings (SSSR count). The third-order valence-corrected chi connectivity index (χ3v) is 7.75. The number of para-hydroxylation sites is 1. The minimum atomic E-state index is -3.60. The minimum absolute atomic E-state index is 0.166. The van der Waals surface area contributed by atoms with Crippen molar-refractivity contribution in [2.45, 2.75) is 25.7 Å². The Morgan fingerprint density at radius 1 is 0.900 bits per heavy atom. The average Bonchev–Trinajstić information content (AvgIpc) is 2.72. The van der Waals surface area contributed by atoms with Crippen molar-refractivity contribution in [3.63, 3.8) is 0 Å². The van der Waals surface area contributed by atoms with Crippen molar-refractivity contribution in [2.24, 2.45) is 0 Å². The predicted octanol–water partition coefficient (Wildman–Crippen LogP) is 3.31. The number of carbonyl (C=O) groups excluding carboxylic acids is 1. The van der Waals surface area contributed by atoms with E-state index in [0.717, 1.165) is 27.6 Å². The number of fused-ring (bicyclic) bond motifs is 1. The molecule has 0 radical (unpaired) electrons. The van der Waals surface area contributed by atoms with Gasteiger partial charge in [0.15, 0.2) is 0 Å². The van der Waals surface area contributed by atoms with Crippen LogP contribution in [0, 0.1) is 20.8 Å². The second-order valence-corrected chi connectivity index (χ2v) is 9.69. The van der Waals surface area contributed by atoms with Crippen molar-refractivity contribution < 1.29 is 13.2 Å². The summed E-state index contributed by atoms with van der Waals surface area (Å²) in [6.45, 7) is 6.85. The molecule has 156 valence electrons. The highest BCUT2D eigenvalue weighted by Gasteiger charge is 2.32. The summed E-state index contributed by atoms with van der Waals surface area (Å²) in [6, 6.07) is 15.1. The number of carbonyl (C=O) groups is 1. The number of piperazine rings is 1. The quantitative estimate of drug-likeness (QED) is 0.648. The number of hydrogen-bond donors (Lipinski definition) is 0. The Kier molecular flexibility index (Phi) is 5.34. The molecule has 1 saturated heterocycles. The van der Waals surface area contributed by atoms with E-state index in [0.29, 0.717) is 23.7 Å². The zero-order valence-corrected chi connectivity index (χ0v) is 18.2. The lowest BCUT2D eigenvalue weighted by molar-refractivity contribution is 0.0692. The van der Waals surface area contributed by atoms with Crippen LogP contribution in [0.15, 0.2) is 53.4 Å². The lowest BCUT2D eigenvalue weighted by atomic mass is 10.1. The molecule has 1 fully saturated rings. The van der Waals surface area contributed by atoms with Crippen molar-refractivity contribution in [3.8, 4) is 0 Å². The molecule has 0 aliphatic carbocycles. The molecule has 1 aromatic heterocycles. The summed E-state index contributed by atoms with van der Waals surface area (Å²) in [6.07, 6.45) is 0. The van der Waals surface area contributed by atoms with Gasteiger partial charge in [0, 0.05) is 31.6 Å². The Hall–Kier alpha value is -2.77. The van der Waals surface area contributed by atoms with E-state index >= 15 is 0 Å². The van der Waals surface area contributed by atoms with Gasteiger partial charge in [0.1, 0.15) is 5.69 Å². The van der Waals surface area contributed by atoms with Crippen LogP contribution in [0.3, 0.4) is 0 Å². The molecule has 30 heavy (non-hydrogen) atoms. The second-order valence-electron chi connectivity index (χ2n) is 7.81. The highest BCUT2D eigenvalue weighted by atomic mass is 32.2. The summed E-state index contributed by atoms with van der Waals surface area (Å²) >= 11 is 0. The van der Waals surface area contributed by atoms with E-state index in [1.807, 2.05) is 63.2 Å². The normalized spacial score (nSPS) is 15.5. The van der Waals surface area contributed by atoms with Gasteiger partial charge < -0.3 is 4.90 Å². The molecule has 0 N–H and O–H groups in total. The first-order chi connectivity index (χ1) is 14.3. The molecule has 7 heteroatoms. The van der Waals surface area contributed by atoms with E-state index in [-0.39, 0.29) is 19.0 Å². The second kappa shape index (κ2) is 7.81. The lowest BCUT2D eigenvalue weighted by Gasteiger charge is -2.34. The van der Waals surface area contributed by atoms with Crippen molar-refractivity contribution in [2.75, 3.05) is 26.2 Å². The van der Waals surface area contributed by atoms with Crippen LogP contribution in [0.1, 0.15) is 27.2 Å². The number of aromatic nitrogens is 1. The summed E-state index contributed by atoms with van der Waals surface area (Å²) in [5.74, 6) is -0.166. The highest BCUT2D eigenvalue weighted by Crippen LogP contribution is 2.26. The number of amides is 1. The maximum Gasteiger partial charge on any atom is 0.272 e. The fourth-order valence-corrected chi connectivity index (χ4v) is 6.02. The maximum atomic E-state index is 13.2. The zero-order chi connectivity index (χ0) is 21.5. The maximum absolute atomic E-state index is 13.2. The Balaban J connectivity index is 1.51. The van der Waals surface area contributed by atoms with Crippen molar-refractivity contribution in [1.29, 1.82) is 0 Å². The molecular formula is C23H25N3O3S. The number of pyridine rings is 1. The van der Waals surface area contributed by atoms with Gasteiger partial charge in [-0.1, -0.05) is 42.0 Å². The van der Waals surface area contributed by atoms with Crippen LogP contribution in [-0.2, 0) is 10.0 Å². The Labute approximate surface area is 177 Å². The first-order valence-corrected chi connectivity index (χ1v) is 11.4. The predicted molar refractivity (Wildman–Crippen MR) is 117 cm³/mol. The van der Waals surface area contributed by atoms with Gasteiger partial charge in [0.05, 0.1) is 10.4 Å². The number of nitrogens with zero attached hydrogens (tertiary/aromatic N) is 3. The summed E-state index contributed by atoms with van der Waals surface area (Å²) in [5, 5.41) is 0.980. The molecule has 6 nitrogen and oxygen atoms in total. The van der Waals surface area contributed by atoms with Crippen LogP contribution in [0.25, 0.3) is 10.9 Å². The van der Waals surface area contributed by atoms with Crippen molar-refractivity contribution >= 4 is 26.8 Å². The van der Waals surface area contributed by atoms with Crippen LogP contribution < -0.4 is 0 Å². The molecule has 0 spiro atoms. The number of rotatable bonds is 3. The monoisotopic (exact) mass is 423 g/mol. The number of benzene rings is 2. The van der Waals surface area contributed by atoms with Crippen LogP contribution in [-0.4, -0.2) is 54.7 Å². The molecule has 2 aromatic carbocycles. The summed E-state index contributed by atoms with van der Waals surface area (Å²) in [4.78, 5) is 19.4. The highest BCUT2D eigenvalue weighted by molar-refractivity contribution is 7.89. The SMILES string of the molecule is Cc1cc(C)c(S(=O)(=O)N2CCN(C(=O)c3ccc4ccccc4n3)CC2)c(C)c1. The molecule has 1 aliphatic heterocycles. The van der Waals surface area contributed by atoms with Gasteiger partial charge in [0.2, 0.25) is 10.0 Å². The molecule has 1 amide bonds. The standard InChI is InChI=1S/C23H25N3O3S/c1-16-14-17(2)22(18(3)15-16)30(28,29)26-12-10-25(11-13-26)23(27)21-9-8-19-6-4-5-7-20(19)24-21/h4-9,14-15H,10-13H2,1-3H3. The van der Waals surface area contributed by atoms with Crippen molar-refractivity contribution in [3.05, 3.63) is 70.9 Å². The Morgan fingerprint density at radius 3 is 2.20 bits per heavy atom. The van der Waals surface area contributed by atoms with E-state index in [1.165, 1.54) is 4.31 Å². The zero-order valence-electron chi connectivity index (χ0n) is 17.4. The summed E-state index contributed by atoms with van der Waals surface area (Å²) < 4.78 is 28.0. The molecule has 0 saturated carbocycles. The fraction of sp³-hybridized carbons (Fsp3) is 0.304. The van der Waals surface area contributed by atoms with Gasteiger partial charge in [-0.15, -0.1) is 0 Å². The Bertz CT molecular complexity index is 1210. The lowest BCUT2D eigenvalue weighted by Crippen LogP contribution is -2.50. The minimum Gasteiger partial charge on any atom is -0.335 e. The van der Waals surface area contributed by atoms with Crippen LogP contribution >= 0.6 is 0 Å².